The molecule has 2 nitrogen and oxygen atoms in total. The molecule has 0 aliphatic carbocycles. The average molecular weight is 224 g/mol. The smallest absolute Gasteiger partial charge is 0.235 e. The quantitative estimate of drug-likeness (QED) is 0.719. The second kappa shape index (κ2) is 4.11. The average Bonchev–Trinajstić information content (AvgIpc) is 1.99. The van der Waals surface area contributed by atoms with Crippen molar-refractivity contribution in [2.75, 3.05) is 0 Å². The molecule has 1 heterocycles. The summed E-state index contributed by atoms with van der Waals surface area (Å²) in [6.07, 6.45) is -0.106. The van der Waals surface area contributed by atoms with Crippen molar-refractivity contribution in [2.45, 2.75) is 20.0 Å². The van der Waals surface area contributed by atoms with E-state index in [9.17, 15) is 4.39 Å². The van der Waals surface area contributed by atoms with Gasteiger partial charge in [-0.15, -0.1) is 0 Å². The van der Waals surface area contributed by atoms with Crippen LogP contribution in [0, 0.1) is 5.95 Å². The Kier molecular flexibility index (Phi) is 3.33. The molecular formula is C8H8Cl2FNO. The summed E-state index contributed by atoms with van der Waals surface area (Å²) in [7, 11) is 0. The maximum Gasteiger partial charge on any atom is 0.235 e. The van der Waals surface area contributed by atoms with Crippen LogP contribution in [0.3, 0.4) is 0 Å². The third-order valence-electron chi connectivity index (χ3n) is 1.20. The Labute approximate surface area is 85.6 Å². The maximum absolute atomic E-state index is 12.8. The van der Waals surface area contributed by atoms with Gasteiger partial charge in [0.15, 0.2) is 0 Å². The number of nitrogens with zero attached hydrogens (tertiary/aromatic N) is 1. The van der Waals surface area contributed by atoms with E-state index in [4.69, 9.17) is 27.9 Å². The highest BCUT2D eigenvalue weighted by Gasteiger charge is 2.10. The molecule has 0 radical (unpaired) electrons. The molecule has 0 aliphatic rings. The van der Waals surface area contributed by atoms with Crippen molar-refractivity contribution in [2.24, 2.45) is 0 Å². The highest BCUT2D eigenvalue weighted by atomic mass is 35.5. The Balaban J connectivity index is 3.01. The Morgan fingerprint density at radius 3 is 2.54 bits per heavy atom. The van der Waals surface area contributed by atoms with Gasteiger partial charge < -0.3 is 4.74 Å². The van der Waals surface area contributed by atoms with E-state index in [-0.39, 0.29) is 22.0 Å². The maximum atomic E-state index is 12.8. The van der Waals surface area contributed by atoms with Crippen LogP contribution in [-0.4, -0.2) is 11.1 Å². The van der Waals surface area contributed by atoms with Crippen molar-refractivity contribution in [1.29, 1.82) is 0 Å². The van der Waals surface area contributed by atoms with Crippen molar-refractivity contribution >= 4 is 23.2 Å². The van der Waals surface area contributed by atoms with Gasteiger partial charge in [-0.2, -0.15) is 9.37 Å². The van der Waals surface area contributed by atoms with Crippen LogP contribution in [0.1, 0.15) is 13.8 Å². The van der Waals surface area contributed by atoms with Gasteiger partial charge in [0.25, 0.3) is 0 Å². The topological polar surface area (TPSA) is 22.1 Å². The fourth-order valence-electron chi connectivity index (χ4n) is 0.734. The van der Waals surface area contributed by atoms with Gasteiger partial charge in [-0.05, 0) is 19.9 Å². The highest BCUT2D eigenvalue weighted by Crippen LogP contribution is 2.27. The number of hydrogen-bond donors (Lipinski definition) is 0. The third-order valence-corrected chi connectivity index (χ3v) is 1.74. The van der Waals surface area contributed by atoms with E-state index in [1.165, 1.54) is 6.07 Å². The van der Waals surface area contributed by atoms with E-state index >= 15 is 0 Å². The normalized spacial score (nSPS) is 10.6. The van der Waals surface area contributed by atoms with Crippen LogP contribution >= 0.6 is 23.2 Å². The minimum Gasteiger partial charge on any atom is -0.474 e. The predicted molar refractivity (Wildman–Crippen MR) is 50.0 cm³/mol. The van der Waals surface area contributed by atoms with Crippen molar-refractivity contribution in [1.82, 2.24) is 4.98 Å². The van der Waals surface area contributed by atoms with E-state index in [0.717, 1.165) is 0 Å². The first-order valence-corrected chi connectivity index (χ1v) is 4.44. The molecule has 0 N–H and O–H groups in total. The lowest BCUT2D eigenvalue weighted by molar-refractivity contribution is 0.230. The second-order valence-corrected chi connectivity index (χ2v) is 3.53. The van der Waals surface area contributed by atoms with E-state index < -0.39 is 5.95 Å². The second-order valence-electron chi connectivity index (χ2n) is 2.71. The fourth-order valence-corrected chi connectivity index (χ4v) is 1.14. The zero-order valence-electron chi connectivity index (χ0n) is 7.14. The van der Waals surface area contributed by atoms with Crippen LogP contribution in [0.2, 0.25) is 10.0 Å². The van der Waals surface area contributed by atoms with Gasteiger partial charge in [0, 0.05) is 0 Å². The highest BCUT2D eigenvalue weighted by molar-refractivity contribution is 6.35. The van der Waals surface area contributed by atoms with E-state index in [1.807, 2.05) is 0 Å². The summed E-state index contributed by atoms with van der Waals surface area (Å²) in [5.74, 6) is -0.708. The van der Waals surface area contributed by atoms with Crippen LogP contribution in [0.4, 0.5) is 4.39 Å². The van der Waals surface area contributed by atoms with Gasteiger partial charge in [0.1, 0.15) is 5.02 Å². The molecule has 1 rings (SSSR count). The molecule has 5 heteroatoms. The first-order valence-electron chi connectivity index (χ1n) is 3.69. The molecule has 1 aromatic rings. The van der Waals surface area contributed by atoms with Crippen LogP contribution in [0.5, 0.6) is 5.88 Å². The van der Waals surface area contributed by atoms with Crippen LogP contribution < -0.4 is 4.74 Å². The minimum atomic E-state index is -0.776. The van der Waals surface area contributed by atoms with E-state index in [1.54, 1.807) is 13.8 Å². The van der Waals surface area contributed by atoms with Crippen molar-refractivity contribution in [3.05, 3.63) is 22.1 Å². The standard InChI is InChI=1S/C8H8Cl2FNO/c1-4(2)13-8-6(10)3-5(9)7(11)12-8/h3-4H,1-2H3. The Morgan fingerprint density at radius 1 is 1.38 bits per heavy atom. The summed E-state index contributed by atoms with van der Waals surface area (Å²) in [5, 5.41) is 0.0983. The third kappa shape index (κ3) is 2.71. The molecule has 0 spiro atoms. The zero-order valence-corrected chi connectivity index (χ0v) is 8.66. The number of pyridine rings is 1. The first-order chi connectivity index (χ1) is 6.00. The van der Waals surface area contributed by atoms with Crippen LogP contribution in [0.25, 0.3) is 0 Å². The van der Waals surface area contributed by atoms with Crippen LogP contribution in [0.15, 0.2) is 6.07 Å². The Bertz CT molecular complexity index is 317. The number of hydrogen-bond acceptors (Lipinski definition) is 2. The van der Waals surface area contributed by atoms with Crippen LogP contribution in [-0.2, 0) is 0 Å². The van der Waals surface area contributed by atoms with Crippen molar-refractivity contribution in [3.8, 4) is 5.88 Å². The molecule has 0 fully saturated rings. The molecule has 0 unspecified atom stereocenters. The van der Waals surface area contributed by atoms with Gasteiger partial charge in [0.05, 0.1) is 11.1 Å². The minimum absolute atomic E-state index is 0.0681. The predicted octanol–water partition coefficient (Wildman–Crippen LogP) is 3.31. The molecule has 72 valence electrons. The molecule has 0 saturated heterocycles. The SMILES string of the molecule is CC(C)Oc1nc(F)c(Cl)cc1Cl. The number of rotatable bonds is 2. The molecule has 0 bridgehead atoms. The molecule has 1 aromatic heterocycles. The Hall–Kier alpha value is -0.540. The number of halogens is 3. The summed E-state index contributed by atoms with van der Waals surface area (Å²) in [5.41, 5.74) is 0. The summed E-state index contributed by atoms with van der Waals surface area (Å²) in [6.45, 7) is 3.59. The summed E-state index contributed by atoms with van der Waals surface area (Å²) >= 11 is 11.2. The van der Waals surface area contributed by atoms with Gasteiger partial charge in [-0.25, -0.2) is 0 Å². The number of ether oxygens (including phenoxy) is 1. The molecule has 13 heavy (non-hydrogen) atoms. The Morgan fingerprint density at radius 2 is 2.00 bits per heavy atom. The zero-order chi connectivity index (χ0) is 10.0. The number of aromatic nitrogens is 1. The molecular weight excluding hydrogens is 216 g/mol. The molecule has 0 aromatic carbocycles. The fraction of sp³-hybridized carbons (Fsp3) is 0.375. The molecule has 0 amide bonds. The molecule has 0 atom stereocenters. The summed E-state index contributed by atoms with van der Waals surface area (Å²) in [4.78, 5) is 3.46. The van der Waals surface area contributed by atoms with Gasteiger partial charge in [0.2, 0.25) is 11.8 Å². The largest absolute Gasteiger partial charge is 0.474 e. The van der Waals surface area contributed by atoms with E-state index in [2.05, 4.69) is 4.98 Å². The van der Waals surface area contributed by atoms with Gasteiger partial charge >= 0.3 is 0 Å². The van der Waals surface area contributed by atoms with Gasteiger partial charge in [-0.3, -0.25) is 0 Å². The van der Waals surface area contributed by atoms with E-state index in [0.29, 0.717) is 0 Å². The molecule has 0 aliphatic heterocycles. The lowest BCUT2D eigenvalue weighted by Gasteiger charge is -2.09. The summed E-state index contributed by atoms with van der Waals surface area (Å²) in [6, 6.07) is 1.27. The summed E-state index contributed by atoms with van der Waals surface area (Å²) < 4.78 is 18.0. The van der Waals surface area contributed by atoms with Crippen molar-refractivity contribution < 1.29 is 9.13 Å². The first kappa shape index (κ1) is 10.5. The van der Waals surface area contributed by atoms with Gasteiger partial charge in [-0.1, -0.05) is 23.2 Å². The van der Waals surface area contributed by atoms with Crippen molar-refractivity contribution in [3.63, 3.8) is 0 Å². The lowest BCUT2D eigenvalue weighted by Crippen LogP contribution is -2.08. The molecule has 0 saturated carbocycles. The monoisotopic (exact) mass is 223 g/mol. The lowest BCUT2D eigenvalue weighted by atomic mass is 10.4.